The Bertz CT molecular complexity index is 776. The number of imidazole rings is 1. The molecule has 1 fully saturated rings. The molecular weight excluding hydrogens is 298 g/mol. The van der Waals surface area contributed by atoms with Crippen LogP contribution in [0.1, 0.15) is 30.4 Å². The van der Waals surface area contributed by atoms with E-state index in [1.54, 1.807) is 6.07 Å². The molecule has 22 heavy (non-hydrogen) atoms. The lowest BCUT2D eigenvalue weighted by atomic mass is 10.3. The number of benzene rings is 1. The normalized spacial score (nSPS) is 14.4. The summed E-state index contributed by atoms with van der Waals surface area (Å²) in [5, 5.41) is 3.81. The Morgan fingerprint density at radius 2 is 2.05 bits per heavy atom. The average Bonchev–Trinajstić information content (AvgIpc) is 3.27. The molecule has 0 saturated heterocycles. The highest BCUT2D eigenvalue weighted by atomic mass is 35.5. The molecule has 0 atom stereocenters. The van der Waals surface area contributed by atoms with E-state index in [9.17, 15) is 0 Å². The van der Waals surface area contributed by atoms with Crippen LogP contribution in [0, 0.1) is 0 Å². The van der Waals surface area contributed by atoms with Crippen LogP contribution in [0.25, 0.3) is 11.0 Å². The number of nitrogens with zero attached hydrogens (tertiary/aromatic N) is 3. The standard InChI is InChI=1S/C16H16ClN5/c17-13-9-15(22-16(21-13)10-5-6-10)18-8-7-14-19-11-3-1-2-4-12(11)20-14/h1-4,9-10H,5-8H2,(H,19,20)(H,18,21,22). The van der Waals surface area contributed by atoms with E-state index in [1.807, 2.05) is 24.3 Å². The summed E-state index contributed by atoms with van der Waals surface area (Å²) in [6.45, 7) is 0.747. The highest BCUT2D eigenvalue weighted by Gasteiger charge is 2.27. The molecule has 5 nitrogen and oxygen atoms in total. The van der Waals surface area contributed by atoms with Crippen molar-refractivity contribution in [2.45, 2.75) is 25.2 Å². The van der Waals surface area contributed by atoms with Gasteiger partial charge in [-0.3, -0.25) is 0 Å². The quantitative estimate of drug-likeness (QED) is 0.707. The van der Waals surface area contributed by atoms with Crippen molar-refractivity contribution in [2.24, 2.45) is 0 Å². The predicted octanol–water partition coefficient (Wildman–Crippen LogP) is 3.54. The minimum absolute atomic E-state index is 0.495. The maximum atomic E-state index is 6.06. The summed E-state index contributed by atoms with van der Waals surface area (Å²) in [6.07, 6.45) is 3.13. The lowest BCUT2D eigenvalue weighted by Gasteiger charge is -2.06. The van der Waals surface area contributed by atoms with E-state index in [2.05, 4.69) is 25.3 Å². The van der Waals surface area contributed by atoms with Crippen molar-refractivity contribution < 1.29 is 0 Å². The molecule has 1 aliphatic carbocycles. The molecule has 1 aromatic carbocycles. The molecule has 2 heterocycles. The van der Waals surface area contributed by atoms with Crippen LogP contribution >= 0.6 is 11.6 Å². The SMILES string of the molecule is Clc1cc(NCCc2nc3ccccc3[nH]2)nc(C2CC2)n1. The molecule has 1 aliphatic rings. The fraction of sp³-hybridized carbons (Fsp3) is 0.312. The third kappa shape index (κ3) is 2.90. The first-order valence-electron chi connectivity index (χ1n) is 7.50. The Labute approximate surface area is 133 Å². The van der Waals surface area contributed by atoms with Gasteiger partial charge in [-0.05, 0) is 25.0 Å². The van der Waals surface area contributed by atoms with Gasteiger partial charge in [-0.2, -0.15) is 0 Å². The fourth-order valence-corrected chi connectivity index (χ4v) is 2.67. The molecular formula is C16H16ClN5. The van der Waals surface area contributed by atoms with Crippen molar-refractivity contribution in [3.8, 4) is 0 Å². The third-order valence-electron chi connectivity index (χ3n) is 3.76. The van der Waals surface area contributed by atoms with Gasteiger partial charge in [0.15, 0.2) is 0 Å². The summed E-state index contributed by atoms with van der Waals surface area (Å²) >= 11 is 6.06. The molecule has 2 N–H and O–H groups in total. The maximum absolute atomic E-state index is 6.06. The van der Waals surface area contributed by atoms with Crippen LogP contribution in [0.15, 0.2) is 30.3 Å². The second-order valence-corrected chi connectivity index (χ2v) is 5.97. The third-order valence-corrected chi connectivity index (χ3v) is 3.95. The maximum Gasteiger partial charge on any atom is 0.135 e. The summed E-state index contributed by atoms with van der Waals surface area (Å²) in [6, 6.07) is 9.81. The topological polar surface area (TPSA) is 66.5 Å². The molecule has 112 valence electrons. The number of fused-ring (bicyclic) bond motifs is 1. The van der Waals surface area contributed by atoms with Crippen molar-refractivity contribution in [2.75, 3.05) is 11.9 Å². The Hall–Kier alpha value is -2.14. The van der Waals surface area contributed by atoms with Gasteiger partial charge in [-0.15, -0.1) is 0 Å². The van der Waals surface area contributed by atoms with Gasteiger partial charge >= 0.3 is 0 Å². The zero-order chi connectivity index (χ0) is 14.9. The first kappa shape index (κ1) is 13.5. The highest BCUT2D eigenvalue weighted by molar-refractivity contribution is 6.29. The van der Waals surface area contributed by atoms with Gasteiger partial charge < -0.3 is 10.3 Å². The number of aromatic amines is 1. The van der Waals surface area contributed by atoms with Gasteiger partial charge in [-0.25, -0.2) is 15.0 Å². The largest absolute Gasteiger partial charge is 0.369 e. The minimum Gasteiger partial charge on any atom is -0.369 e. The Kier molecular flexibility index (Phi) is 3.42. The van der Waals surface area contributed by atoms with E-state index in [4.69, 9.17) is 11.6 Å². The van der Waals surface area contributed by atoms with Gasteiger partial charge in [0, 0.05) is 24.9 Å². The van der Waals surface area contributed by atoms with E-state index >= 15 is 0 Å². The Morgan fingerprint density at radius 1 is 1.18 bits per heavy atom. The Balaban J connectivity index is 1.42. The molecule has 1 saturated carbocycles. The monoisotopic (exact) mass is 313 g/mol. The van der Waals surface area contributed by atoms with E-state index in [1.165, 1.54) is 12.8 Å². The lowest BCUT2D eigenvalue weighted by molar-refractivity contribution is 0.898. The molecule has 0 unspecified atom stereocenters. The van der Waals surface area contributed by atoms with E-state index in [0.717, 1.165) is 41.5 Å². The Morgan fingerprint density at radius 3 is 2.86 bits per heavy atom. The second kappa shape index (κ2) is 5.57. The number of hydrogen-bond donors (Lipinski definition) is 2. The van der Waals surface area contributed by atoms with E-state index in [-0.39, 0.29) is 0 Å². The predicted molar refractivity (Wildman–Crippen MR) is 87.3 cm³/mol. The second-order valence-electron chi connectivity index (χ2n) is 5.59. The number of para-hydroxylation sites is 2. The zero-order valence-corrected chi connectivity index (χ0v) is 12.8. The van der Waals surface area contributed by atoms with Crippen LogP contribution < -0.4 is 5.32 Å². The van der Waals surface area contributed by atoms with Crippen molar-refractivity contribution in [3.05, 3.63) is 47.1 Å². The first-order chi connectivity index (χ1) is 10.8. The summed E-state index contributed by atoms with van der Waals surface area (Å²) in [7, 11) is 0. The number of nitrogens with one attached hydrogen (secondary N) is 2. The van der Waals surface area contributed by atoms with Crippen LogP contribution in [0.5, 0.6) is 0 Å². The molecule has 0 amide bonds. The van der Waals surface area contributed by atoms with Gasteiger partial charge in [0.2, 0.25) is 0 Å². The number of H-pyrrole nitrogens is 1. The van der Waals surface area contributed by atoms with Crippen molar-refractivity contribution in [3.63, 3.8) is 0 Å². The molecule has 0 aliphatic heterocycles. The van der Waals surface area contributed by atoms with E-state index in [0.29, 0.717) is 11.1 Å². The van der Waals surface area contributed by atoms with E-state index < -0.39 is 0 Å². The van der Waals surface area contributed by atoms with Crippen LogP contribution in [-0.2, 0) is 6.42 Å². The summed E-state index contributed by atoms with van der Waals surface area (Å²) < 4.78 is 0. The van der Waals surface area contributed by atoms with Crippen LogP contribution in [0.4, 0.5) is 5.82 Å². The number of aromatic nitrogens is 4. The molecule has 0 spiro atoms. The number of halogens is 1. The van der Waals surface area contributed by atoms with Gasteiger partial charge in [0.1, 0.15) is 22.6 Å². The number of hydrogen-bond acceptors (Lipinski definition) is 4. The van der Waals surface area contributed by atoms with Crippen LogP contribution in [0.3, 0.4) is 0 Å². The minimum atomic E-state index is 0.495. The molecule has 4 rings (SSSR count). The highest BCUT2D eigenvalue weighted by Crippen LogP contribution is 2.38. The first-order valence-corrected chi connectivity index (χ1v) is 7.88. The van der Waals surface area contributed by atoms with Gasteiger partial charge in [-0.1, -0.05) is 23.7 Å². The van der Waals surface area contributed by atoms with Gasteiger partial charge in [0.05, 0.1) is 11.0 Å². The number of anilines is 1. The molecule has 3 aromatic rings. The average molecular weight is 314 g/mol. The molecule has 0 bridgehead atoms. The van der Waals surface area contributed by atoms with Crippen LogP contribution in [0.2, 0.25) is 5.15 Å². The molecule has 0 radical (unpaired) electrons. The number of rotatable bonds is 5. The summed E-state index contributed by atoms with van der Waals surface area (Å²) in [4.78, 5) is 16.7. The van der Waals surface area contributed by atoms with Crippen molar-refractivity contribution in [1.29, 1.82) is 0 Å². The summed E-state index contributed by atoms with van der Waals surface area (Å²) in [5.41, 5.74) is 2.07. The van der Waals surface area contributed by atoms with Crippen LogP contribution in [-0.4, -0.2) is 26.5 Å². The van der Waals surface area contributed by atoms with Gasteiger partial charge in [0.25, 0.3) is 0 Å². The molecule has 2 aromatic heterocycles. The zero-order valence-electron chi connectivity index (χ0n) is 12.0. The lowest BCUT2D eigenvalue weighted by Crippen LogP contribution is -2.08. The smallest absolute Gasteiger partial charge is 0.135 e. The van der Waals surface area contributed by atoms with Crippen molar-refractivity contribution >= 4 is 28.5 Å². The molecule has 6 heteroatoms. The summed E-state index contributed by atoms with van der Waals surface area (Å²) in [5.74, 6) is 3.11. The van der Waals surface area contributed by atoms with Crippen molar-refractivity contribution in [1.82, 2.24) is 19.9 Å². The fourth-order valence-electron chi connectivity index (χ4n) is 2.48.